The minimum absolute atomic E-state index is 0.281. The Hall–Kier alpha value is -2.58. The second-order valence-electron chi connectivity index (χ2n) is 6.32. The largest absolute Gasteiger partial charge is 0.448 e. The van der Waals surface area contributed by atoms with Gasteiger partial charge in [-0.1, -0.05) is 28.1 Å². The van der Waals surface area contributed by atoms with Crippen molar-refractivity contribution in [2.45, 2.75) is 18.9 Å². The van der Waals surface area contributed by atoms with Gasteiger partial charge in [-0.15, -0.1) is 11.3 Å². The Balaban J connectivity index is 1.42. The number of anilines is 1. The zero-order valence-corrected chi connectivity index (χ0v) is 16.8. The number of halogens is 2. The Kier molecular flexibility index (Phi) is 5.23. The number of ether oxygens (including phenoxy) is 1. The number of carbonyl (C=O) groups excluding carboxylic acids is 2. The monoisotopic (exact) mass is 460 g/mol. The smallest absolute Gasteiger partial charge is 0.339 e. The van der Waals surface area contributed by atoms with E-state index in [2.05, 4.69) is 26.2 Å². The fraction of sp³-hybridized carbons (Fsp3) is 0.150. The first-order valence-corrected chi connectivity index (χ1v) is 10.1. The number of rotatable bonds is 4. The molecule has 1 unspecified atom stereocenters. The van der Waals surface area contributed by atoms with Gasteiger partial charge in [0.15, 0.2) is 11.2 Å². The van der Waals surface area contributed by atoms with E-state index in [1.54, 1.807) is 30.5 Å². The van der Waals surface area contributed by atoms with Crippen LogP contribution in [-0.4, -0.2) is 23.0 Å². The van der Waals surface area contributed by atoms with Gasteiger partial charge < -0.3 is 4.74 Å². The fourth-order valence-corrected chi connectivity index (χ4v) is 4.21. The van der Waals surface area contributed by atoms with Crippen LogP contribution in [0.15, 0.2) is 53.1 Å². The molecule has 28 heavy (non-hydrogen) atoms. The quantitative estimate of drug-likeness (QED) is 0.587. The topological polar surface area (TPSA) is 68.3 Å². The molecule has 0 saturated heterocycles. The van der Waals surface area contributed by atoms with Crippen LogP contribution in [0.2, 0.25) is 0 Å². The molecule has 0 fully saturated rings. The predicted molar refractivity (Wildman–Crippen MR) is 107 cm³/mol. The second-order valence-corrected chi connectivity index (χ2v) is 8.35. The van der Waals surface area contributed by atoms with E-state index in [1.807, 2.05) is 6.07 Å². The highest BCUT2D eigenvalue weighted by Crippen LogP contribution is 2.26. The molecule has 1 N–H and O–H groups in total. The van der Waals surface area contributed by atoms with Crippen LogP contribution < -0.4 is 5.32 Å². The maximum Gasteiger partial charge on any atom is 0.339 e. The van der Waals surface area contributed by atoms with Gasteiger partial charge in [-0.25, -0.2) is 14.2 Å². The number of benzene rings is 2. The number of cyclic esters (lactones) is 1. The Labute approximate surface area is 172 Å². The van der Waals surface area contributed by atoms with Crippen LogP contribution in [0.5, 0.6) is 0 Å². The SMILES string of the molecule is O=C1OC(C(=O)Nc2ncc(Cc3ccc(F)cc3)s2)Cc2cc(Br)ccc21. The number of thiazole rings is 1. The first-order valence-electron chi connectivity index (χ1n) is 8.47. The van der Waals surface area contributed by atoms with Gasteiger partial charge in [0.25, 0.3) is 5.91 Å². The van der Waals surface area contributed by atoms with Crippen LogP contribution in [-0.2, 0) is 22.4 Å². The molecule has 0 spiro atoms. The molecule has 1 aliphatic rings. The lowest BCUT2D eigenvalue weighted by Gasteiger charge is -2.23. The molecule has 2 heterocycles. The van der Waals surface area contributed by atoms with Crippen molar-refractivity contribution in [2.24, 2.45) is 0 Å². The number of nitrogens with one attached hydrogen (secondary N) is 1. The van der Waals surface area contributed by atoms with Crippen molar-refractivity contribution in [3.63, 3.8) is 0 Å². The summed E-state index contributed by atoms with van der Waals surface area (Å²) in [6.07, 6.45) is 1.66. The van der Waals surface area contributed by atoms with Gasteiger partial charge in [-0.05, 0) is 41.5 Å². The van der Waals surface area contributed by atoms with Gasteiger partial charge in [0.2, 0.25) is 0 Å². The van der Waals surface area contributed by atoms with Crippen LogP contribution in [0.4, 0.5) is 9.52 Å². The molecule has 1 aliphatic heterocycles. The Morgan fingerprint density at radius 3 is 2.86 bits per heavy atom. The highest BCUT2D eigenvalue weighted by Gasteiger charge is 2.31. The summed E-state index contributed by atoms with van der Waals surface area (Å²) in [5, 5.41) is 3.14. The molecule has 3 aromatic rings. The van der Waals surface area contributed by atoms with Crippen LogP contribution >= 0.6 is 27.3 Å². The minimum Gasteiger partial charge on any atom is -0.448 e. The van der Waals surface area contributed by atoms with Crippen molar-refractivity contribution < 1.29 is 18.7 Å². The summed E-state index contributed by atoms with van der Waals surface area (Å²) < 4.78 is 19.1. The molecular formula is C20H14BrFN2O3S. The number of hydrogen-bond acceptors (Lipinski definition) is 5. The lowest BCUT2D eigenvalue weighted by atomic mass is 9.98. The summed E-state index contributed by atoms with van der Waals surface area (Å²) in [7, 11) is 0. The molecule has 5 nitrogen and oxygen atoms in total. The maximum atomic E-state index is 13.0. The summed E-state index contributed by atoms with van der Waals surface area (Å²) in [6.45, 7) is 0. The molecule has 0 saturated carbocycles. The molecule has 0 radical (unpaired) electrons. The van der Waals surface area contributed by atoms with E-state index in [4.69, 9.17) is 4.74 Å². The van der Waals surface area contributed by atoms with Gasteiger partial charge in [0.05, 0.1) is 5.56 Å². The first kappa shape index (κ1) is 18.8. The Morgan fingerprint density at radius 2 is 2.07 bits per heavy atom. The lowest BCUT2D eigenvalue weighted by molar-refractivity contribution is -0.125. The first-order chi connectivity index (χ1) is 13.5. The molecule has 142 valence electrons. The van der Waals surface area contributed by atoms with Crippen LogP contribution in [0, 0.1) is 5.82 Å². The average molecular weight is 461 g/mol. The highest BCUT2D eigenvalue weighted by molar-refractivity contribution is 9.10. The average Bonchev–Trinajstić information content (AvgIpc) is 3.10. The van der Waals surface area contributed by atoms with E-state index in [-0.39, 0.29) is 5.82 Å². The number of hydrogen-bond donors (Lipinski definition) is 1. The number of fused-ring (bicyclic) bond motifs is 1. The number of esters is 1. The molecule has 8 heteroatoms. The lowest BCUT2D eigenvalue weighted by Crippen LogP contribution is -2.37. The Bertz CT molecular complexity index is 1050. The van der Waals surface area contributed by atoms with Crippen molar-refractivity contribution in [3.8, 4) is 0 Å². The summed E-state index contributed by atoms with van der Waals surface area (Å²) in [5.74, 6) is -1.21. The molecule has 4 rings (SSSR count). The Morgan fingerprint density at radius 1 is 1.29 bits per heavy atom. The number of nitrogens with zero attached hydrogens (tertiary/aromatic N) is 1. The third-order valence-electron chi connectivity index (χ3n) is 4.31. The molecular weight excluding hydrogens is 447 g/mol. The van der Waals surface area contributed by atoms with Gasteiger partial charge in [-0.2, -0.15) is 0 Å². The molecule has 2 aromatic carbocycles. The molecule has 1 atom stereocenters. The third-order valence-corrected chi connectivity index (χ3v) is 5.72. The zero-order valence-electron chi connectivity index (χ0n) is 14.4. The highest BCUT2D eigenvalue weighted by atomic mass is 79.9. The predicted octanol–water partition coefficient (Wildman–Crippen LogP) is 4.36. The standard InChI is InChI=1S/C20H14BrFN2O3S/c21-13-3-6-16-12(8-13)9-17(27-19(16)26)18(25)24-20-23-10-15(28-20)7-11-1-4-14(22)5-2-11/h1-6,8,10,17H,7,9H2,(H,23,24,25). The van der Waals surface area contributed by atoms with Crippen molar-refractivity contribution >= 4 is 44.3 Å². The van der Waals surface area contributed by atoms with E-state index in [0.717, 1.165) is 20.5 Å². The van der Waals surface area contributed by atoms with Gasteiger partial charge in [0.1, 0.15) is 5.82 Å². The van der Waals surface area contributed by atoms with E-state index in [1.165, 1.54) is 23.5 Å². The van der Waals surface area contributed by atoms with Gasteiger partial charge >= 0.3 is 5.97 Å². The fourth-order valence-electron chi connectivity index (χ4n) is 2.95. The summed E-state index contributed by atoms with van der Waals surface area (Å²) in [5.41, 5.74) is 2.19. The molecule has 1 aromatic heterocycles. The van der Waals surface area contributed by atoms with Crippen LogP contribution in [0.1, 0.15) is 26.4 Å². The van der Waals surface area contributed by atoms with Gasteiger partial charge in [0, 0.05) is 28.4 Å². The van der Waals surface area contributed by atoms with Crippen molar-refractivity contribution in [1.29, 1.82) is 0 Å². The zero-order chi connectivity index (χ0) is 19.7. The summed E-state index contributed by atoms with van der Waals surface area (Å²) >= 11 is 4.70. The van der Waals surface area contributed by atoms with Crippen LogP contribution in [0.3, 0.4) is 0 Å². The normalized spacial score (nSPS) is 15.6. The summed E-state index contributed by atoms with van der Waals surface area (Å²) in [4.78, 5) is 29.8. The third kappa shape index (κ3) is 4.13. The van der Waals surface area contributed by atoms with Crippen LogP contribution in [0.25, 0.3) is 0 Å². The van der Waals surface area contributed by atoms with Crippen molar-refractivity contribution in [3.05, 3.63) is 80.5 Å². The van der Waals surface area contributed by atoms with Crippen molar-refractivity contribution in [2.75, 3.05) is 5.32 Å². The molecule has 0 bridgehead atoms. The minimum atomic E-state index is -0.904. The maximum absolute atomic E-state index is 13.0. The second kappa shape index (κ2) is 7.81. The number of aromatic nitrogens is 1. The van der Waals surface area contributed by atoms with E-state index < -0.39 is 18.0 Å². The molecule has 1 amide bonds. The van der Waals surface area contributed by atoms with E-state index in [9.17, 15) is 14.0 Å². The van der Waals surface area contributed by atoms with E-state index >= 15 is 0 Å². The van der Waals surface area contributed by atoms with Crippen molar-refractivity contribution in [1.82, 2.24) is 4.98 Å². The van der Waals surface area contributed by atoms with E-state index in [0.29, 0.717) is 23.5 Å². The van der Waals surface area contributed by atoms with Gasteiger partial charge in [-0.3, -0.25) is 10.1 Å². The summed E-state index contributed by atoms with van der Waals surface area (Å²) in [6, 6.07) is 11.5. The molecule has 0 aliphatic carbocycles. The number of amides is 1. The number of carbonyl (C=O) groups is 2.